The topological polar surface area (TPSA) is 40.5 Å². The number of rotatable bonds is 7. The summed E-state index contributed by atoms with van der Waals surface area (Å²) in [4.78, 5) is 13.6. The Morgan fingerprint density at radius 3 is 2.50 bits per heavy atom. The highest BCUT2D eigenvalue weighted by Crippen LogP contribution is 2.20. The Labute approximate surface area is 134 Å². The van der Waals surface area contributed by atoms with Crippen molar-refractivity contribution in [2.45, 2.75) is 13.5 Å². The average molecular weight is 336 g/mol. The zero-order valence-electron chi connectivity index (χ0n) is 11.6. The van der Waals surface area contributed by atoms with Gasteiger partial charge in [0.05, 0.1) is 5.75 Å². The molecule has 1 rings (SSSR count). The van der Waals surface area contributed by atoms with Crippen molar-refractivity contribution in [3.63, 3.8) is 0 Å². The largest absolute Gasteiger partial charge is 0.396 e. The molecule has 3 nitrogen and oxygen atoms in total. The first-order valence-electron chi connectivity index (χ1n) is 6.30. The zero-order chi connectivity index (χ0) is 15.1. The Kier molecular flexibility index (Phi) is 7.74. The van der Waals surface area contributed by atoms with Gasteiger partial charge in [0, 0.05) is 30.2 Å². The molecule has 1 aromatic rings. The molecule has 0 aliphatic carbocycles. The van der Waals surface area contributed by atoms with E-state index < -0.39 is 0 Å². The number of aliphatic hydroxyl groups excluding tert-OH is 1. The molecular weight excluding hydrogens is 317 g/mol. The number of thioether (sulfide) groups is 1. The minimum atomic E-state index is 0.0521. The molecular formula is C14H19Cl2NO2S. The van der Waals surface area contributed by atoms with Crippen molar-refractivity contribution in [2.75, 3.05) is 25.2 Å². The second-order valence-corrected chi connectivity index (χ2v) is 6.73. The van der Waals surface area contributed by atoms with Crippen molar-refractivity contribution < 1.29 is 9.90 Å². The minimum absolute atomic E-state index is 0.0521. The van der Waals surface area contributed by atoms with Crippen molar-refractivity contribution >= 4 is 40.9 Å². The number of aliphatic hydroxyl groups is 1. The van der Waals surface area contributed by atoms with Crippen LogP contribution in [-0.2, 0) is 11.3 Å². The van der Waals surface area contributed by atoms with E-state index in [2.05, 4.69) is 0 Å². The highest BCUT2D eigenvalue weighted by atomic mass is 35.5. The number of amides is 1. The van der Waals surface area contributed by atoms with Crippen LogP contribution in [0.15, 0.2) is 18.2 Å². The fourth-order valence-corrected chi connectivity index (χ4v) is 3.17. The van der Waals surface area contributed by atoms with Gasteiger partial charge in [-0.15, -0.1) is 0 Å². The SMILES string of the molecule is CC(CO)CSCC(=O)N(C)Cc1cc(Cl)cc(Cl)c1. The van der Waals surface area contributed by atoms with Crippen molar-refractivity contribution in [3.05, 3.63) is 33.8 Å². The van der Waals surface area contributed by atoms with Crippen LogP contribution in [0.2, 0.25) is 10.0 Å². The first-order valence-corrected chi connectivity index (χ1v) is 8.21. The first-order chi connectivity index (χ1) is 9.42. The predicted octanol–water partition coefficient (Wildman–Crippen LogP) is 3.31. The van der Waals surface area contributed by atoms with Gasteiger partial charge in [0.25, 0.3) is 0 Å². The van der Waals surface area contributed by atoms with Crippen LogP contribution in [0.4, 0.5) is 0 Å². The summed E-state index contributed by atoms with van der Waals surface area (Å²) < 4.78 is 0. The van der Waals surface area contributed by atoms with Gasteiger partial charge >= 0.3 is 0 Å². The maximum atomic E-state index is 12.0. The van der Waals surface area contributed by atoms with Gasteiger partial charge in [-0.05, 0) is 35.4 Å². The molecule has 0 bridgehead atoms. The predicted molar refractivity (Wildman–Crippen MR) is 86.5 cm³/mol. The summed E-state index contributed by atoms with van der Waals surface area (Å²) in [7, 11) is 1.76. The molecule has 1 aromatic carbocycles. The van der Waals surface area contributed by atoms with Crippen molar-refractivity contribution in [1.29, 1.82) is 0 Å². The lowest BCUT2D eigenvalue weighted by molar-refractivity contribution is -0.127. The number of hydrogen-bond acceptors (Lipinski definition) is 3. The fourth-order valence-electron chi connectivity index (χ4n) is 1.57. The molecule has 0 radical (unpaired) electrons. The van der Waals surface area contributed by atoms with Gasteiger partial charge in [-0.1, -0.05) is 30.1 Å². The molecule has 0 heterocycles. The lowest BCUT2D eigenvalue weighted by atomic mass is 10.2. The summed E-state index contributed by atoms with van der Waals surface area (Å²) in [6.07, 6.45) is 0. The van der Waals surface area contributed by atoms with E-state index in [-0.39, 0.29) is 18.4 Å². The normalized spacial score (nSPS) is 12.2. The van der Waals surface area contributed by atoms with E-state index in [0.29, 0.717) is 22.3 Å². The summed E-state index contributed by atoms with van der Waals surface area (Å²) in [5.74, 6) is 1.45. The van der Waals surface area contributed by atoms with E-state index in [4.69, 9.17) is 28.3 Å². The monoisotopic (exact) mass is 335 g/mol. The number of nitrogens with zero attached hydrogens (tertiary/aromatic N) is 1. The molecule has 0 saturated heterocycles. The molecule has 6 heteroatoms. The Morgan fingerprint density at radius 2 is 1.95 bits per heavy atom. The molecule has 0 spiro atoms. The molecule has 0 saturated carbocycles. The number of carbonyl (C=O) groups is 1. The molecule has 0 fully saturated rings. The van der Waals surface area contributed by atoms with E-state index >= 15 is 0 Å². The van der Waals surface area contributed by atoms with Crippen LogP contribution in [-0.4, -0.2) is 41.1 Å². The lowest BCUT2D eigenvalue weighted by Crippen LogP contribution is -2.28. The Balaban J connectivity index is 2.45. The molecule has 1 N–H and O–H groups in total. The molecule has 0 aromatic heterocycles. The van der Waals surface area contributed by atoms with Crippen molar-refractivity contribution in [2.24, 2.45) is 5.92 Å². The van der Waals surface area contributed by atoms with Gasteiger partial charge in [-0.25, -0.2) is 0 Å². The number of carbonyl (C=O) groups excluding carboxylic acids is 1. The minimum Gasteiger partial charge on any atom is -0.396 e. The second-order valence-electron chi connectivity index (χ2n) is 4.83. The van der Waals surface area contributed by atoms with Gasteiger partial charge < -0.3 is 10.0 Å². The van der Waals surface area contributed by atoms with Crippen molar-refractivity contribution in [3.8, 4) is 0 Å². The number of halogens is 2. The van der Waals surface area contributed by atoms with Crippen LogP contribution in [0.1, 0.15) is 12.5 Å². The third kappa shape index (κ3) is 6.35. The van der Waals surface area contributed by atoms with Crippen LogP contribution in [0.3, 0.4) is 0 Å². The Hall–Kier alpha value is -0.420. The maximum Gasteiger partial charge on any atom is 0.232 e. The van der Waals surface area contributed by atoms with Crippen LogP contribution in [0.25, 0.3) is 0 Å². The molecule has 0 aliphatic rings. The summed E-state index contributed by atoms with van der Waals surface area (Å²) in [5.41, 5.74) is 0.909. The van der Waals surface area contributed by atoms with Crippen LogP contribution in [0, 0.1) is 5.92 Å². The van der Waals surface area contributed by atoms with Crippen molar-refractivity contribution in [1.82, 2.24) is 4.90 Å². The summed E-state index contributed by atoms with van der Waals surface area (Å²) in [6, 6.07) is 5.27. The van der Waals surface area contributed by atoms with Gasteiger partial charge in [0.2, 0.25) is 5.91 Å². The second kappa shape index (κ2) is 8.78. The average Bonchev–Trinajstić information content (AvgIpc) is 2.36. The molecule has 112 valence electrons. The van der Waals surface area contributed by atoms with Crippen LogP contribution < -0.4 is 0 Å². The zero-order valence-corrected chi connectivity index (χ0v) is 13.9. The number of hydrogen-bond donors (Lipinski definition) is 1. The molecule has 1 amide bonds. The summed E-state index contributed by atoms with van der Waals surface area (Å²) >= 11 is 13.4. The quantitative estimate of drug-likeness (QED) is 0.830. The third-order valence-corrected chi connectivity index (χ3v) is 4.40. The van der Waals surface area contributed by atoms with E-state index in [9.17, 15) is 4.79 Å². The Bertz CT molecular complexity index is 437. The third-order valence-electron chi connectivity index (χ3n) is 2.71. The molecule has 20 heavy (non-hydrogen) atoms. The lowest BCUT2D eigenvalue weighted by Gasteiger charge is -2.18. The van der Waals surface area contributed by atoms with E-state index in [1.165, 1.54) is 11.8 Å². The van der Waals surface area contributed by atoms with Gasteiger partial charge in [-0.2, -0.15) is 11.8 Å². The molecule has 1 unspecified atom stereocenters. The van der Waals surface area contributed by atoms with E-state index in [1.807, 2.05) is 6.92 Å². The molecule has 0 aliphatic heterocycles. The summed E-state index contributed by atoms with van der Waals surface area (Å²) in [5, 5.41) is 10.1. The Morgan fingerprint density at radius 1 is 1.35 bits per heavy atom. The standard InChI is InChI=1S/C14H19Cl2NO2S/c1-10(7-18)8-20-9-14(19)17(2)6-11-3-12(15)5-13(16)4-11/h3-5,10,18H,6-9H2,1-2H3. The molecule has 1 atom stereocenters. The summed E-state index contributed by atoms with van der Waals surface area (Å²) in [6.45, 7) is 2.59. The van der Waals surface area contributed by atoms with E-state index in [0.717, 1.165) is 11.3 Å². The van der Waals surface area contributed by atoms with Crippen LogP contribution in [0.5, 0.6) is 0 Å². The highest BCUT2D eigenvalue weighted by Gasteiger charge is 2.11. The highest BCUT2D eigenvalue weighted by molar-refractivity contribution is 7.99. The van der Waals surface area contributed by atoms with Crippen LogP contribution >= 0.6 is 35.0 Å². The first kappa shape index (κ1) is 17.6. The number of benzene rings is 1. The smallest absolute Gasteiger partial charge is 0.232 e. The fraction of sp³-hybridized carbons (Fsp3) is 0.500. The van der Waals surface area contributed by atoms with Gasteiger partial charge in [0.15, 0.2) is 0 Å². The van der Waals surface area contributed by atoms with Gasteiger partial charge in [-0.3, -0.25) is 4.79 Å². The van der Waals surface area contributed by atoms with Gasteiger partial charge in [0.1, 0.15) is 0 Å². The maximum absolute atomic E-state index is 12.0. The van der Waals surface area contributed by atoms with E-state index in [1.54, 1.807) is 30.1 Å².